The molecule has 0 atom stereocenters. The highest BCUT2D eigenvalue weighted by Crippen LogP contribution is 2.32. The summed E-state index contributed by atoms with van der Waals surface area (Å²) in [5.74, 6) is -0.279. The van der Waals surface area contributed by atoms with E-state index < -0.39 is 0 Å². The number of carbonyl (C=O) groups excluding carboxylic acids is 2. The Morgan fingerprint density at radius 2 is 1.55 bits per heavy atom. The molecule has 1 aromatic heterocycles. The molecule has 5 rings (SSSR count). The smallest absolute Gasteiger partial charge is 0.251 e. The Bertz CT molecular complexity index is 1740. The number of aromatic amines is 1. The van der Waals surface area contributed by atoms with Crippen LogP contribution in [-0.2, 0) is 19.0 Å². The van der Waals surface area contributed by atoms with E-state index in [0.717, 1.165) is 37.4 Å². The van der Waals surface area contributed by atoms with Gasteiger partial charge in [-0.2, -0.15) is 0 Å². The number of rotatable bonds is 18. The molecular formula is C38H49N7O6. The van der Waals surface area contributed by atoms with Gasteiger partial charge in [-0.1, -0.05) is 36.4 Å². The third-order valence-electron chi connectivity index (χ3n) is 8.67. The number of carbonyl (C=O) groups is 2. The molecule has 0 saturated carbocycles. The predicted octanol–water partition coefficient (Wildman–Crippen LogP) is 2.99. The molecule has 1 aliphatic rings. The standard InChI is InChI=1S/C38H49N7O6/c1-43-16-18-45(19-17-43)27-34(46)44(2)31-11-9-30(10-12-31)41-36(28-6-4-3-5-7-28)35-32-13-8-29(26-33(32)42-38(35)48)37(47)40-15-21-50-23-25-51-24-22-49-20-14-39/h3-13,26,42,48H,14-25,27,39H2,1-2H3,(H,40,47). The molecule has 2 heterocycles. The van der Waals surface area contributed by atoms with E-state index in [-0.39, 0.29) is 17.7 Å². The molecule has 0 spiro atoms. The summed E-state index contributed by atoms with van der Waals surface area (Å²) in [5, 5.41) is 14.8. The Balaban J connectivity index is 1.24. The van der Waals surface area contributed by atoms with Crippen molar-refractivity contribution in [1.82, 2.24) is 20.1 Å². The minimum atomic E-state index is -0.256. The number of fused-ring (bicyclic) bond motifs is 1. The number of piperazine rings is 1. The Morgan fingerprint density at radius 3 is 2.24 bits per heavy atom. The lowest BCUT2D eigenvalue weighted by Crippen LogP contribution is -2.48. The molecule has 1 aliphatic heterocycles. The third kappa shape index (κ3) is 10.7. The van der Waals surface area contributed by atoms with Crippen molar-refractivity contribution in [2.45, 2.75) is 0 Å². The number of benzene rings is 3. The van der Waals surface area contributed by atoms with E-state index in [2.05, 4.69) is 27.1 Å². The number of H-pyrrole nitrogens is 1. The third-order valence-corrected chi connectivity index (χ3v) is 8.67. The molecule has 0 radical (unpaired) electrons. The molecular weight excluding hydrogens is 650 g/mol. The predicted molar refractivity (Wildman–Crippen MR) is 199 cm³/mol. The monoisotopic (exact) mass is 699 g/mol. The zero-order chi connectivity index (χ0) is 36.0. The summed E-state index contributed by atoms with van der Waals surface area (Å²) in [7, 11) is 3.89. The minimum Gasteiger partial charge on any atom is -0.494 e. The van der Waals surface area contributed by atoms with Crippen molar-refractivity contribution in [3.63, 3.8) is 0 Å². The Hall–Kier alpha value is -4.63. The number of nitrogens with one attached hydrogen (secondary N) is 2. The summed E-state index contributed by atoms with van der Waals surface area (Å²) in [5.41, 5.74) is 9.74. The van der Waals surface area contributed by atoms with Crippen LogP contribution >= 0.6 is 0 Å². The van der Waals surface area contributed by atoms with E-state index in [1.54, 1.807) is 24.1 Å². The molecule has 1 saturated heterocycles. The van der Waals surface area contributed by atoms with E-state index >= 15 is 0 Å². The highest BCUT2D eigenvalue weighted by atomic mass is 16.5. The van der Waals surface area contributed by atoms with Crippen LogP contribution < -0.4 is 16.0 Å². The van der Waals surface area contributed by atoms with Gasteiger partial charge >= 0.3 is 0 Å². The molecule has 5 N–H and O–H groups in total. The van der Waals surface area contributed by atoms with Crippen LogP contribution in [0.3, 0.4) is 0 Å². The molecule has 13 nitrogen and oxygen atoms in total. The second kappa shape index (κ2) is 19.1. The zero-order valence-electron chi connectivity index (χ0n) is 29.5. The molecule has 4 aromatic rings. The fourth-order valence-corrected chi connectivity index (χ4v) is 5.72. The number of amides is 2. The lowest BCUT2D eigenvalue weighted by atomic mass is 10.00. The first-order valence-electron chi connectivity index (χ1n) is 17.3. The van der Waals surface area contributed by atoms with Gasteiger partial charge in [0.05, 0.1) is 63.1 Å². The molecule has 272 valence electrons. The molecule has 1 fully saturated rings. The van der Waals surface area contributed by atoms with Gasteiger partial charge in [-0.05, 0) is 43.4 Å². The number of anilines is 1. The molecule has 0 bridgehead atoms. The Labute approximate surface area is 299 Å². The van der Waals surface area contributed by atoms with Gasteiger partial charge in [-0.25, -0.2) is 4.99 Å². The number of aromatic hydroxyl groups is 1. The van der Waals surface area contributed by atoms with Gasteiger partial charge in [0.2, 0.25) is 5.91 Å². The number of nitrogens with two attached hydrogens (primary N) is 1. The minimum absolute atomic E-state index is 0.0352. The van der Waals surface area contributed by atoms with Crippen LogP contribution in [0.1, 0.15) is 21.5 Å². The summed E-state index contributed by atoms with van der Waals surface area (Å²) in [6, 6.07) is 22.4. The maximum absolute atomic E-state index is 13.0. The quantitative estimate of drug-likeness (QED) is 0.0906. The van der Waals surface area contributed by atoms with E-state index in [9.17, 15) is 14.7 Å². The molecule has 51 heavy (non-hydrogen) atoms. The molecule has 2 amide bonds. The van der Waals surface area contributed by atoms with Crippen LogP contribution in [0.5, 0.6) is 5.88 Å². The van der Waals surface area contributed by atoms with Crippen LogP contribution in [0.25, 0.3) is 10.9 Å². The van der Waals surface area contributed by atoms with Crippen molar-refractivity contribution < 1.29 is 28.9 Å². The number of hydrogen-bond donors (Lipinski definition) is 4. The van der Waals surface area contributed by atoms with Gasteiger partial charge in [0.1, 0.15) is 0 Å². The summed E-state index contributed by atoms with van der Waals surface area (Å²) in [6.07, 6.45) is 0. The number of aromatic nitrogens is 1. The average molecular weight is 700 g/mol. The van der Waals surface area contributed by atoms with E-state index in [0.29, 0.717) is 92.7 Å². The average Bonchev–Trinajstić information content (AvgIpc) is 3.48. The van der Waals surface area contributed by atoms with Crippen molar-refractivity contribution in [2.24, 2.45) is 10.7 Å². The lowest BCUT2D eigenvalue weighted by Gasteiger charge is -2.32. The van der Waals surface area contributed by atoms with Crippen LogP contribution in [0.4, 0.5) is 11.4 Å². The molecule has 13 heteroatoms. The van der Waals surface area contributed by atoms with Crippen molar-refractivity contribution in [2.75, 3.05) is 104 Å². The number of aliphatic imine (C=N–C) groups is 1. The SMILES string of the molecule is CN1CCN(CC(=O)N(C)c2ccc(N=C(c3ccccc3)c3c(O)[nH]c4cc(C(=O)NCCOCCOCCOCCN)ccc34)cc2)CC1. The molecule has 3 aromatic carbocycles. The van der Waals surface area contributed by atoms with Crippen LogP contribution in [0.15, 0.2) is 77.8 Å². The van der Waals surface area contributed by atoms with Gasteiger partial charge in [0.25, 0.3) is 5.91 Å². The second-order valence-electron chi connectivity index (χ2n) is 12.4. The first kappa shape index (κ1) is 37.6. The van der Waals surface area contributed by atoms with Crippen molar-refractivity contribution in [3.8, 4) is 5.88 Å². The second-order valence-corrected chi connectivity index (χ2v) is 12.4. The number of nitrogens with zero attached hydrogens (tertiary/aromatic N) is 4. The fourth-order valence-electron chi connectivity index (χ4n) is 5.72. The highest BCUT2D eigenvalue weighted by Gasteiger charge is 2.21. The Kier molecular flexibility index (Phi) is 14.1. The fraction of sp³-hybridized carbons (Fsp3) is 0.395. The summed E-state index contributed by atoms with van der Waals surface area (Å²) in [4.78, 5) is 40.1. The lowest BCUT2D eigenvalue weighted by molar-refractivity contribution is -0.119. The van der Waals surface area contributed by atoms with Gasteiger partial charge in [-0.3, -0.25) is 14.5 Å². The van der Waals surface area contributed by atoms with Crippen molar-refractivity contribution in [3.05, 3.63) is 89.5 Å². The number of hydrogen-bond acceptors (Lipinski definition) is 10. The first-order valence-corrected chi connectivity index (χ1v) is 17.3. The highest BCUT2D eigenvalue weighted by molar-refractivity contribution is 6.22. The summed E-state index contributed by atoms with van der Waals surface area (Å²) >= 11 is 0. The topological polar surface area (TPSA) is 158 Å². The Morgan fingerprint density at radius 1 is 0.882 bits per heavy atom. The summed E-state index contributed by atoms with van der Waals surface area (Å²) in [6.45, 7) is 7.53. The number of likely N-dealkylation sites (N-methyl/N-ethyl adjacent to an activating group) is 2. The maximum Gasteiger partial charge on any atom is 0.251 e. The first-order chi connectivity index (χ1) is 24.8. The van der Waals surface area contributed by atoms with E-state index in [4.69, 9.17) is 24.9 Å². The molecule has 0 unspecified atom stereocenters. The van der Waals surface area contributed by atoms with Crippen molar-refractivity contribution in [1.29, 1.82) is 0 Å². The van der Waals surface area contributed by atoms with Crippen LogP contribution in [0, 0.1) is 0 Å². The van der Waals surface area contributed by atoms with Gasteiger partial charge in [0.15, 0.2) is 5.88 Å². The number of ether oxygens (including phenoxy) is 3. The normalized spacial score (nSPS) is 14.2. The van der Waals surface area contributed by atoms with E-state index in [1.807, 2.05) is 60.7 Å². The molecule has 0 aliphatic carbocycles. The summed E-state index contributed by atoms with van der Waals surface area (Å²) < 4.78 is 16.2. The maximum atomic E-state index is 13.0. The van der Waals surface area contributed by atoms with Crippen LogP contribution in [-0.4, -0.2) is 137 Å². The van der Waals surface area contributed by atoms with Crippen LogP contribution in [0.2, 0.25) is 0 Å². The van der Waals surface area contributed by atoms with Crippen molar-refractivity contribution >= 4 is 39.8 Å². The van der Waals surface area contributed by atoms with E-state index in [1.165, 1.54) is 0 Å². The van der Waals surface area contributed by atoms with Gasteiger partial charge in [-0.15, -0.1) is 0 Å². The van der Waals surface area contributed by atoms with Gasteiger partial charge in [0, 0.05) is 74.0 Å². The largest absolute Gasteiger partial charge is 0.494 e. The van der Waals surface area contributed by atoms with Gasteiger partial charge < -0.3 is 45.2 Å². The zero-order valence-corrected chi connectivity index (χ0v) is 29.5.